The number of nitrogens with zero attached hydrogens (tertiary/aromatic N) is 2. The number of benzene rings is 1. The van der Waals surface area contributed by atoms with Crippen molar-refractivity contribution in [3.8, 4) is 5.75 Å². The van der Waals surface area contributed by atoms with Gasteiger partial charge in [-0.25, -0.2) is 4.79 Å². The molecule has 0 saturated heterocycles. The first-order valence-electron chi connectivity index (χ1n) is 10.8. The molecule has 1 saturated carbocycles. The minimum Gasteiger partial charge on any atom is -0.495 e. The minimum atomic E-state index is -0.348. The predicted molar refractivity (Wildman–Crippen MR) is 115 cm³/mol. The van der Waals surface area contributed by atoms with Crippen LogP contribution < -0.4 is 21.3 Å². The lowest BCUT2D eigenvalue weighted by molar-refractivity contribution is -0.116. The smallest absolute Gasteiger partial charge is 0.331 e. The second-order valence-electron chi connectivity index (χ2n) is 8.37. The summed E-state index contributed by atoms with van der Waals surface area (Å²) >= 11 is 0. The maximum atomic E-state index is 13.3. The number of fused-ring (bicyclic) bond motifs is 1. The average Bonchev–Trinajstić information content (AvgIpc) is 3.22. The number of hydrogen-bond acceptors (Lipinski definition) is 4. The van der Waals surface area contributed by atoms with Crippen LogP contribution in [-0.2, 0) is 24.2 Å². The molecule has 30 heavy (non-hydrogen) atoms. The number of ether oxygens (including phenoxy) is 1. The molecule has 2 aliphatic rings. The predicted octanol–water partition coefficient (Wildman–Crippen LogP) is 2.96. The highest BCUT2D eigenvalue weighted by molar-refractivity contribution is 5.92. The van der Waals surface area contributed by atoms with Crippen molar-refractivity contribution in [2.24, 2.45) is 0 Å². The van der Waals surface area contributed by atoms with Gasteiger partial charge in [0.15, 0.2) is 0 Å². The zero-order chi connectivity index (χ0) is 21.3. The lowest BCUT2D eigenvalue weighted by Crippen LogP contribution is -2.46. The SMILES string of the molecule is COc1ccc(C)cc1NC(=O)Cn1c2c(c(=O)n(C3CCCCC3)c1=O)CCC2. The molecule has 1 heterocycles. The maximum absolute atomic E-state index is 13.3. The van der Waals surface area contributed by atoms with Crippen molar-refractivity contribution in [1.29, 1.82) is 0 Å². The zero-order valence-corrected chi connectivity index (χ0v) is 17.7. The quantitative estimate of drug-likeness (QED) is 0.820. The van der Waals surface area contributed by atoms with Gasteiger partial charge in [-0.05, 0) is 56.7 Å². The molecule has 1 fully saturated rings. The third kappa shape index (κ3) is 3.80. The summed E-state index contributed by atoms with van der Waals surface area (Å²) < 4.78 is 8.29. The van der Waals surface area contributed by atoms with Crippen LogP contribution in [-0.4, -0.2) is 22.2 Å². The molecule has 7 nitrogen and oxygen atoms in total. The van der Waals surface area contributed by atoms with E-state index in [4.69, 9.17) is 4.74 Å². The Hall–Kier alpha value is -2.83. The monoisotopic (exact) mass is 411 g/mol. The highest BCUT2D eigenvalue weighted by Crippen LogP contribution is 2.28. The van der Waals surface area contributed by atoms with E-state index in [-0.39, 0.29) is 29.7 Å². The van der Waals surface area contributed by atoms with Crippen LogP contribution in [0.1, 0.15) is 61.4 Å². The molecule has 160 valence electrons. The number of aryl methyl sites for hydroxylation is 1. The number of aromatic nitrogens is 2. The molecular formula is C23H29N3O4. The van der Waals surface area contributed by atoms with E-state index in [0.717, 1.165) is 49.8 Å². The van der Waals surface area contributed by atoms with Crippen molar-refractivity contribution < 1.29 is 9.53 Å². The van der Waals surface area contributed by atoms with E-state index < -0.39 is 0 Å². The fourth-order valence-electron chi connectivity index (χ4n) is 4.81. The van der Waals surface area contributed by atoms with Gasteiger partial charge < -0.3 is 10.1 Å². The summed E-state index contributed by atoms with van der Waals surface area (Å²) in [7, 11) is 1.55. The molecule has 0 aliphatic heterocycles. The highest BCUT2D eigenvalue weighted by Gasteiger charge is 2.28. The molecular weight excluding hydrogens is 382 g/mol. The first-order chi connectivity index (χ1) is 14.5. The van der Waals surface area contributed by atoms with Gasteiger partial charge in [0.2, 0.25) is 5.91 Å². The summed E-state index contributed by atoms with van der Waals surface area (Å²) in [5, 5.41) is 2.87. The molecule has 2 aromatic rings. The first kappa shape index (κ1) is 20.4. The van der Waals surface area contributed by atoms with Crippen LogP contribution >= 0.6 is 0 Å². The molecule has 2 aliphatic carbocycles. The van der Waals surface area contributed by atoms with E-state index in [1.165, 1.54) is 9.13 Å². The Balaban J connectivity index is 1.68. The van der Waals surface area contributed by atoms with Gasteiger partial charge in [0.25, 0.3) is 5.56 Å². The number of anilines is 1. The minimum absolute atomic E-state index is 0.0594. The van der Waals surface area contributed by atoms with E-state index in [1.54, 1.807) is 13.2 Å². The fourth-order valence-corrected chi connectivity index (χ4v) is 4.81. The van der Waals surface area contributed by atoms with Crippen LogP contribution in [0.3, 0.4) is 0 Å². The summed E-state index contributed by atoms with van der Waals surface area (Å²) in [6.07, 6.45) is 7.07. The van der Waals surface area contributed by atoms with Gasteiger partial charge >= 0.3 is 5.69 Å². The van der Waals surface area contributed by atoms with E-state index in [2.05, 4.69) is 5.32 Å². The molecule has 0 bridgehead atoms. The summed E-state index contributed by atoms with van der Waals surface area (Å²) in [5.74, 6) is 0.266. The summed E-state index contributed by atoms with van der Waals surface area (Å²) in [6, 6.07) is 5.49. The van der Waals surface area contributed by atoms with Crippen molar-refractivity contribution in [3.05, 3.63) is 55.9 Å². The third-order valence-corrected chi connectivity index (χ3v) is 6.30. The Morgan fingerprint density at radius 3 is 2.63 bits per heavy atom. The lowest BCUT2D eigenvalue weighted by atomic mass is 9.95. The molecule has 0 unspecified atom stereocenters. The van der Waals surface area contributed by atoms with Crippen LogP contribution in [0, 0.1) is 6.92 Å². The standard InChI is InChI=1S/C23H29N3O4/c1-15-11-12-20(30-2)18(13-15)24-21(27)14-25-19-10-6-9-17(19)22(28)26(23(25)29)16-7-4-3-5-8-16/h11-13,16H,3-10,14H2,1-2H3,(H,24,27). The van der Waals surface area contributed by atoms with Crippen molar-refractivity contribution >= 4 is 11.6 Å². The maximum Gasteiger partial charge on any atom is 0.331 e. The Labute approximate surface area is 175 Å². The first-order valence-corrected chi connectivity index (χ1v) is 10.8. The number of amides is 1. The molecule has 1 amide bonds. The molecule has 7 heteroatoms. The Morgan fingerprint density at radius 1 is 1.13 bits per heavy atom. The second kappa shape index (κ2) is 8.50. The Morgan fingerprint density at radius 2 is 1.90 bits per heavy atom. The molecule has 1 aromatic carbocycles. The molecule has 1 aromatic heterocycles. The Bertz CT molecular complexity index is 1080. The van der Waals surface area contributed by atoms with Gasteiger partial charge in [0, 0.05) is 17.3 Å². The highest BCUT2D eigenvalue weighted by atomic mass is 16.5. The average molecular weight is 412 g/mol. The molecule has 0 atom stereocenters. The van der Waals surface area contributed by atoms with Crippen molar-refractivity contribution in [2.45, 2.75) is 70.9 Å². The van der Waals surface area contributed by atoms with E-state index in [1.807, 2.05) is 19.1 Å². The number of carbonyl (C=O) groups is 1. The lowest BCUT2D eigenvalue weighted by Gasteiger charge is -2.25. The van der Waals surface area contributed by atoms with Crippen LogP contribution in [0.2, 0.25) is 0 Å². The number of carbonyl (C=O) groups excluding carboxylic acids is 1. The topological polar surface area (TPSA) is 82.3 Å². The normalized spacial score (nSPS) is 16.3. The molecule has 4 rings (SSSR count). The van der Waals surface area contributed by atoms with Gasteiger partial charge in [-0.3, -0.25) is 18.7 Å². The van der Waals surface area contributed by atoms with Crippen LogP contribution in [0.5, 0.6) is 5.75 Å². The summed E-state index contributed by atoms with van der Waals surface area (Å²) in [4.78, 5) is 39.3. The summed E-state index contributed by atoms with van der Waals surface area (Å²) in [6.45, 7) is 1.83. The number of hydrogen-bond donors (Lipinski definition) is 1. The van der Waals surface area contributed by atoms with Gasteiger partial charge in [-0.1, -0.05) is 25.3 Å². The van der Waals surface area contributed by atoms with Gasteiger partial charge in [-0.2, -0.15) is 0 Å². The number of rotatable bonds is 5. The third-order valence-electron chi connectivity index (χ3n) is 6.30. The van der Waals surface area contributed by atoms with Crippen LogP contribution in [0.4, 0.5) is 5.69 Å². The molecule has 1 N–H and O–H groups in total. The second-order valence-corrected chi connectivity index (χ2v) is 8.37. The number of nitrogens with one attached hydrogen (secondary N) is 1. The van der Waals surface area contributed by atoms with E-state index >= 15 is 0 Å². The van der Waals surface area contributed by atoms with Crippen molar-refractivity contribution in [1.82, 2.24) is 9.13 Å². The largest absolute Gasteiger partial charge is 0.495 e. The van der Waals surface area contributed by atoms with Crippen molar-refractivity contribution in [3.63, 3.8) is 0 Å². The summed E-state index contributed by atoms with van der Waals surface area (Å²) in [5.41, 5.74) is 2.52. The number of methoxy groups -OCH3 is 1. The Kier molecular flexibility index (Phi) is 5.79. The zero-order valence-electron chi connectivity index (χ0n) is 17.7. The molecule has 0 spiro atoms. The van der Waals surface area contributed by atoms with Crippen LogP contribution in [0.15, 0.2) is 27.8 Å². The van der Waals surface area contributed by atoms with E-state index in [9.17, 15) is 14.4 Å². The van der Waals surface area contributed by atoms with Gasteiger partial charge in [-0.15, -0.1) is 0 Å². The van der Waals surface area contributed by atoms with E-state index in [0.29, 0.717) is 29.8 Å². The van der Waals surface area contributed by atoms with Gasteiger partial charge in [0.05, 0.1) is 12.8 Å². The van der Waals surface area contributed by atoms with Gasteiger partial charge in [0.1, 0.15) is 12.3 Å². The van der Waals surface area contributed by atoms with Crippen molar-refractivity contribution in [2.75, 3.05) is 12.4 Å². The fraction of sp³-hybridized carbons (Fsp3) is 0.522. The molecule has 0 radical (unpaired) electrons. The van der Waals surface area contributed by atoms with Crippen LogP contribution in [0.25, 0.3) is 0 Å².